The van der Waals surface area contributed by atoms with E-state index in [0.29, 0.717) is 22.2 Å². The molecule has 0 saturated carbocycles. The van der Waals surface area contributed by atoms with Gasteiger partial charge in [-0.2, -0.15) is 0 Å². The Kier molecular flexibility index (Phi) is 5.55. The number of rotatable bonds is 5. The lowest BCUT2D eigenvalue weighted by Gasteiger charge is -2.13. The molecule has 1 saturated heterocycles. The van der Waals surface area contributed by atoms with Gasteiger partial charge in [0.05, 0.1) is 4.91 Å². The van der Waals surface area contributed by atoms with E-state index >= 15 is 0 Å². The monoisotopic (exact) mass is 385 g/mol. The molecule has 4 nitrogen and oxygen atoms in total. The molecule has 110 valence electrons. The van der Waals surface area contributed by atoms with Crippen LogP contribution in [-0.2, 0) is 9.59 Å². The van der Waals surface area contributed by atoms with Gasteiger partial charge in [0.25, 0.3) is 5.91 Å². The summed E-state index contributed by atoms with van der Waals surface area (Å²) in [6, 6.07) is 7.61. The first-order chi connectivity index (χ1) is 9.97. The highest BCUT2D eigenvalue weighted by Crippen LogP contribution is 2.32. The molecule has 1 fully saturated rings. The van der Waals surface area contributed by atoms with Gasteiger partial charge in [-0.25, -0.2) is 0 Å². The fourth-order valence-electron chi connectivity index (χ4n) is 1.79. The summed E-state index contributed by atoms with van der Waals surface area (Å²) in [7, 11) is 0. The van der Waals surface area contributed by atoms with Crippen LogP contribution in [0.25, 0.3) is 6.08 Å². The first kappa shape index (κ1) is 16.2. The van der Waals surface area contributed by atoms with Gasteiger partial charge in [-0.1, -0.05) is 52.0 Å². The molecule has 0 bridgehead atoms. The standard InChI is InChI=1S/C14H12BrNO3S2/c15-10-5-3-9(4-6-10)8-11-13(19)16(14(20)21-11)7-1-2-12(17)18/h3-6,8H,1-2,7H2,(H,17,18)/b11-8+. The van der Waals surface area contributed by atoms with Crippen molar-refractivity contribution in [1.82, 2.24) is 4.90 Å². The molecular formula is C14H12BrNO3S2. The molecule has 0 radical (unpaired) electrons. The lowest BCUT2D eigenvalue weighted by atomic mass is 10.2. The van der Waals surface area contributed by atoms with Gasteiger partial charge in [0, 0.05) is 17.4 Å². The zero-order valence-corrected chi connectivity index (χ0v) is 14.1. The zero-order valence-electron chi connectivity index (χ0n) is 10.9. The number of carboxylic acid groups (broad SMARTS) is 1. The van der Waals surface area contributed by atoms with E-state index in [1.54, 1.807) is 6.08 Å². The third kappa shape index (κ3) is 4.39. The van der Waals surface area contributed by atoms with Crippen molar-refractivity contribution in [1.29, 1.82) is 0 Å². The molecule has 21 heavy (non-hydrogen) atoms. The number of aliphatic carboxylic acids is 1. The van der Waals surface area contributed by atoms with Crippen molar-refractivity contribution in [3.8, 4) is 0 Å². The maximum absolute atomic E-state index is 12.3. The number of benzene rings is 1. The second-order valence-corrected chi connectivity index (χ2v) is 6.97. The number of carbonyl (C=O) groups is 2. The van der Waals surface area contributed by atoms with E-state index < -0.39 is 5.97 Å². The number of carboxylic acids is 1. The first-order valence-corrected chi connectivity index (χ1v) is 8.22. The Hall–Kier alpha value is -1.18. The molecule has 0 spiro atoms. The molecule has 0 aromatic heterocycles. The highest BCUT2D eigenvalue weighted by atomic mass is 79.9. The highest BCUT2D eigenvalue weighted by molar-refractivity contribution is 9.10. The van der Waals surface area contributed by atoms with E-state index in [1.807, 2.05) is 24.3 Å². The van der Waals surface area contributed by atoms with E-state index in [4.69, 9.17) is 17.3 Å². The SMILES string of the molecule is O=C(O)CCCN1C(=O)/C(=C\c2ccc(Br)cc2)SC1=S. The normalized spacial score (nSPS) is 16.8. The van der Waals surface area contributed by atoms with E-state index in [2.05, 4.69) is 15.9 Å². The predicted octanol–water partition coefficient (Wildman–Crippen LogP) is 3.52. The molecule has 7 heteroatoms. The van der Waals surface area contributed by atoms with Crippen LogP contribution in [0, 0.1) is 0 Å². The Morgan fingerprint density at radius 1 is 1.38 bits per heavy atom. The fraction of sp³-hybridized carbons (Fsp3) is 0.214. The highest BCUT2D eigenvalue weighted by Gasteiger charge is 2.31. The number of halogens is 1. The number of hydrogen-bond acceptors (Lipinski definition) is 4. The molecule has 1 aliphatic heterocycles. The summed E-state index contributed by atoms with van der Waals surface area (Å²) < 4.78 is 1.45. The first-order valence-electron chi connectivity index (χ1n) is 6.20. The Labute approximate surface area is 140 Å². The van der Waals surface area contributed by atoms with Gasteiger partial charge in [0.15, 0.2) is 0 Å². The van der Waals surface area contributed by atoms with Crippen molar-refractivity contribution < 1.29 is 14.7 Å². The number of thiocarbonyl (C=S) groups is 1. The van der Waals surface area contributed by atoms with Crippen LogP contribution in [0.2, 0.25) is 0 Å². The quantitative estimate of drug-likeness (QED) is 0.620. The van der Waals surface area contributed by atoms with Crippen LogP contribution in [-0.4, -0.2) is 32.7 Å². The molecule has 0 atom stereocenters. The van der Waals surface area contributed by atoms with Crippen molar-refractivity contribution in [3.05, 3.63) is 39.2 Å². The molecule has 1 aromatic rings. The fourth-order valence-corrected chi connectivity index (χ4v) is 3.36. The molecule has 2 rings (SSSR count). The largest absolute Gasteiger partial charge is 0.481 e. The maximum Gasteiger partial charge on any atom is 0.303 e. The molecule has 1 N–H and O–H groups in total. The lowest BCUT2D eigenvalue weighted by Crippen LogP contribution is -2.29. The Morgan fingerprint density at radius 3 is 2.67 bits per heavy atom. The van der Waals surface area contributed by atoms with E-state index in [9.17, 15) is 9.59 Å². The van der Waals surface area contributed by atoms with Crippen LogP contribution in [0.5, 0.6) is 0 Å². The van der Waals surface area contributed by atoms with Crippen LogP contribution in [0.15, 0.2) is 33.6 Å². The Balaban J connectivity index is 2.06. The molecular weight excluding hydrogens is 374 g/mol. The van der Waals surface area contributed by atoms with Gasteiger partial charge in [-0.3, -0.25) is 14.5 Å². The van der Waals surface area contributed by atoms with Gasteiger partial charge in [-0.15, -0.1) is 0 Å². The number of thioether (sulfide) groups is 1. The molecule has 0 aliphatic carbocycles. The van der Waals surface area contributed by atoms with Crippen molar-refractivity contribution in [2.45, 2.75) is 12.8 Å². The summed E-state index contributed by atoms with van der Waals surface area (Å²) in [6.07, 6.45) is 2.22. The number of amides is 1. The van der Waals surface area contributed by atoms with Crippen molar-refractivity contribution in [2.75, 3.05) is 6.54 Å². The van der Waals surface area contributed by atoms with Gasteiger partial charge >= 0.3 is 5.97 Å². The van der Waals surface area contributed by atoms with Crippen LogP contribution >= 0.6 is 39.9 Å². The summed E-state index contributed by atoms with van der Waals surface area (Å²) in [5.41, 5.74) is 0.921. The average Bonchev–Trinajstić information content (AvgIpc) is 2.68. The van der Waals surface area contributed by atoms with Gasteiger partial charge in [0.1, 0.15) is 4.32 Å². The second-order valence-electron chi connectivity index (χ2n) is 4.38. The number of carbonyl (C=O) groups excluding carboxylic acids is 1. The summed E-state index contributed by atoms with van der Waals surface area (Å²) >= 11 is 9.79. The third-order valence-corrected chi connectivity index (χ3v) is 4.72. The minimum atomic E-state index is -0.870. The maximum atomic E-state index is 12.3. The summed E-state index contributed by atoms with van der Waals surface area (Å²) in [5, 5.41) is 8.63. The van der Waals surface area contributed by atoms with Crippen LogP contribution in [0.4, 0.5) is 0 Å². The van der Waals surface area contributed by atoms with Gasteiger partial charge in [0.2, 0.25) is 0 Å². The topological polar surface area (TPSA) is 57.6 Å². The van der Waals surface area contributed by atoms with Crippen molar-refractivity contribution >= 4 is 62.2 Å². The van der Waals surface area contributed by atoms with Crippen LogP contribution in [0.3, 0.4) is 0 Å². The summed E-state index contributed by atoms with van der Waals surface area (Å²) in [5.74, 6) is -1.02. The number of nitrogens with zero attached hydrogens (tertiary/aromatic N) is 1. The molecule has 1 aromatic carbocycles. The third-order valence-electron chi connectivity index (χ3n) is 2.81. The van der Waals surface area contributed by atoms with Crippen molar-refractivity contribution in [2.24, 2.45) is 0 Å². The van der Waals surface area contributed by atoms with E-state index in [1.165, 1.54) is 16.7 Å². The zero-order chi connectivity index (χ0) is 15.4. The molecule has 0 unspecified atom stereocenters. The van der Waals surface area contributed by atoms with Crippen LogP contribution in [0.1, 0.15) is 18.4 Å². The average molecular weight is 386 g/mol. The van der Waals surface area contributed by atoms with Gasteiger partial charge in [-0.05, 0) is 30.2 Å². The van der Waals surface area contributed by atoms with E-state index in [0.717, 1.165) is 10.0 Å². The summed E-state index contributed by atoms with van der Waals surface area (Å²) in [6.45, 7) is 0.342. The van der Waals surface area contributed by atoms with Gasteiger partial charge < -0.3 is 5.11 Å². The lowest BCUT2D eigenvalue weighted by molar-refractivity contribution is -0.137. The summed E-state index contributed by atoms with van der Waals surface area (Å²) in [4.78, 5) is 24.8. The Morgan fingerprint density at radius 2 is 2.05 bits per heavy atom. The molecule has 1 amide bonds. The Bertz CT molecular complexity index is 613. The molecule has 1 heterocycles. The van der Waals surface area contributed by atoms with Crippen molar-refractivity contribution in [3.63, 3.8) is 0 Å². The number of hydrogen-bond donors (Lipinski definition) is 1. The van der Waals surface area contributed by atoms with E-state index in [-0.39, 0.29) is 12.3 Å². The minimum absolute atomic E-state index is 0.0306. The smallest absolute Gasteiger partial charge is 0.303 e. The van der Waals surface area contributed by atoms with Crippen LogP contribution < -0.4 is 0 Å². The molecule has 1 aliphatic rings. The minimum Gasteiger partial charge on any atom is -0.481 e. The predicted molar refractivity (Wildman–Crippen MR) is 90.9 cm³/mol. The second kappa shape index (κ2) is 7.20.